The normalized spacial score (nSPS) is 14.5. The zero-order chi connectivity index (χ0) is 13.9. The molecule has 0 spiro atoms. The largest absolute Gasteiger partial charge is 0.385 e. The Morgan fingerprint density at radius 1 is 1.47 bits per heavy atom. The van der Waals surface area contributed by atoms with Gasteiger partial charge in [-0.15, -0.1) is 0 Å². The summed E-state index contributed by atoms with van der Waals surface area (Å²) in [5.74, 6) is -0.0225. The summed E-state index contributed by atoms with van der Waals surface area (Å²) in [5.41, 5.74) is 2.64. The molecule has 19 heavy (non-hydrogen) atoms. The van der Waals surface area contributed by atoms with Gasteiger partial charge in [0.1, 0.15) is 0 Å². The topological polar surface area (TPSA) is 50.4 Å². The van der Waals surface area contributed by atoms with Crippen LogP contribution >= 0.6 is 0 Å². The van der Waals surface area contributed by atoms with Crippen LogP contribution in [0.5, 0.6) is 0 Å². The first-order chi connectivity index (χ1) is 9.03. The fourth-order valence-corrected chi connectivity index (χ4v) is 2.18. The van der Waals surface area contributed by atoms with E-state index >= 15 is 0 Å². The Morgan fingerprint density at radius 3 is 3.00 bits per heavy atom. The van der Waals surface area contributed by atoms with Crippen LogP contribution in [0.2, 0.25) is 0 Å². The molecule has 1 aliphatic heterocycles. The maximum Gasteiger partial charge on any atom is 0.251 e. The van der Waals surface area contributed by atoms with Gasteiger partial charge >= 0.3 is 0 Å². The van der Waals surface area contributed by atoms with Gasteiger partial charge in [0.05, 0.1) is 5.60 Å². The molecule has 0 bridgehead atoms. The van der Waals surface area contributed by atoms with Crippen LogP contribution in [0.1, 0.15) is 36.2 Å². The highest BCUT2D eigenvalue weighted by Crippen LogP contribution is 2.25. The van der Waals surface area contributed by atoms with Crippen LogP contribution in [0.4, 0.5) is 5.69 Å². The van der Waals surface area contributed by atoms with Gasteiger partial charge in [0, 0.05) is 31.5 Å². The summed E-state index contributed by atoms with van der Waals surface area (Å²) in [6.45, 7) is 5.39. The molecule has 0 unspecified atom stereocenters. The summed E-state index contributed by atoms with van der Waals surface area (Å²) in [4.78, 5) is 12.3. The summed E-state index contributed by atoms with van der Waals surface area (Å²) in [6.07, 6.45) is 2.03. The van der Waals surface area contributed by atoms with E-state index in [-0.39, 0.29) is 11.5 Å². The van der Waals surface area contributed by atoms with Crippen LogP contribution in [0, 0.1) is 0 Å². The average molecular weight is 262 g/mol. The predicted molar refractivity (Wildman–Crippen MR) is 76.7 cm³/mol. The highest BCUT2D eigenvalue weighted by atomic mass is 16.5. The molecule has 0 aliphatic carbocycles. The van der Waals surface area contributed by atoms with Crippen LogP contribution in [-0.4, -0.2) is 31.7 Å². The molecule has 0 radical (unpaired) electrons. The molecule has 1 heterocycles. The minimum atomic E-state index is -0.344. The number of hydrogen-bond donors (Lipinski definition) is 2. The first-order valence-electron chi connectivity index (χ1n) is 6.72. The molecule has 1 amide bonds. The molecule has 1 aromatic rings. The molecular formula is C15H22N2O2. The Kier molecular flexibility index (Phi) is 4.10. The van der Waals surface area contributed by atoms with Gasteiger partial charge in [-0.2, -0.15) is 0 Å². The summed E-state index contributed by atoms with van der Waals surface area (Å²) in [5, 5.41) is 6.29. The van der Waals surface area contributed by atoms with E-state index in [0.29, 0.717) is 6.54 Å². The maximum absolute atomic E-state index is 12.3. The third-order valence-corrected chi connectivity index (χ3v) is 3.57. The van der Waals surface area contributed by atoms with Gasteiger partial charge < -0.3 is 15.4 Å². The number of carbonyl (C=O) groups excluding carboxylic acids is 1. The molecule has 0 saturated carbocycles. The van der Waals surface area contributed by atoms with Crippen molar-refractivity contribution in [1.29, 1.82) is 0 Å². The minimum absolute atomic E-state index is 0.0225. The molecule has 0 saturated heterocycles. The predicted octanol–water partition coefficient (Wildman–Crippen LogP) is 2.20. The number of fused-ring (bicyclic) bond motifs is 1. The molecule has 2 rings (SSSR count). The first kappa shape index (κ1) is 13.9. The highest BCUT2D eigenvalue weighted by molar-refractivity contribution is 5.97. The number of carbonyl (C=O) groups is 1. The summed E-state index contributed by atoms with van der Waals surface area (Å²) in [7, 11) is 1.65. The molecular weight excluding hydrogens is 240 g/mol. The van der Waals surface area contributed by atoms with Gasteiger partial charge in [-0.25, -0.2) is 0 Å². The van der Waals surface area contributed by atoms with Gasteiger partial charge in [0.25, 0.3) is 5.91 Å². The van der Waals surface area contributed by atoms with Crippen molar-refractivity contribution in [1.82, 2.24) is 5.32 Å². The van der Waals surface area contributed by atoms with E-state index in [1.54, 1.807) is 7.11 Å². The fraction of sp³-hybridized carbons (Fsp3) is 0.533. The van der Waals surface area contributed by atoms with Crippen LogP contribution in [0.3, 0.4) is 0 Å². The van der Waals surface area contributed by atoms with Crippen molar-refractivity contribution in [3.8, 4) is 0 Å². The Balaban J connectivity index is 2.11. The van der Waals surface area contributed by atoms with E-state index in [1.165, 1.54) is 0 Å². The SMILES string of the molecule is COC(C)(C)CNC(=O)c1cccc2c1CCCN2. The highest BCUT2D eigenvalue weighted by Gasteiger charge is 2.21. The van der Waals surface area contributed by atoms with E-state index < -0.39 is 0 Å². The van der Waals surface area contributed by atoms with Gasteiger partial charge in [0.2, 0.25) is 0 Å². The molecule has 4 heteroatoms. The van der Waals surface area contributed by atoms with Crippen molar-refractivity contribution in [2.24, 2.45) is 0 Å². The minimum Gasteiger partial charge on any atom is -0.385 e. The van der Waals surface area contributed by atoms with E-state index in [0.717, 1.165) is 36.2 Å². The lowest BCUT2D eigenvalue weighted by molar-refractivity contribution is 0.0228. The first-order valence-corrected chi connectivity index (χ1v) is 6.72. The van der Waals surface area contributed by atoms with Crippen LogP contribution in [-0.2, 0) is 11.2 Å². The van der Waals surface area contributed by atoms with Crippen molar-refractivity contribution in [2.45, 2.75) is 32.3 Å². The number of anilines is 1. The molecule has 1 aromatic carbocycles. The third kappa shape index (κ3) is 3.26. The smallest absolute Gasteiger partial charge is 0.251 e. The second kappa shape index (κ2) is 5.61. The molecule has 1 aliphatic rings. The van der Waals surface area contributed by atoms with E-state index in [2.05, 4.69) is 10.6 Å². The van der Waals surface area contributed by atoms with Crippen molar-refractivity contribution in [3.05, 3.63) is 29.3 Å². The fourth-order valence-electron chi connectivity index (χ4n) is 2.18. The second-order valence-electron chi connectivity index (χ2n) is 5.51. The van der Waals surface area contributed by atoms with Crippen molar-refractivity contribution >= 4 is 11.6 Å². The number of methoxy groups -OCH3 is 1. The lowest BCUT2D eigenvalue weighted by Gasteiger charge is -2.24. The van der Waals surface area contributed by atoms with Gasteiger partial charge in [-0.1, -0.05) is 6.07 Å². The quantitative estimate of drug-likeness (QED) is 0.874. The summed E-state index contributed by atoms with van der Waals surface area (Å²) >= 11 is 0. The molecule has 0 aromatic heterocycles. The monoisotopic (exact) mass is 262 g/mol. The van der Waals surface area contributed by atoms with Crippen LogP contribution in [0.15, 0.2) is 18.2 Å². The second-order valence-corrected chi connectivity index (χ2v) is 5.51. The number of nitrogens with one attached hydrogen (secondary N) is 2. The number of ether oxygens (including phenoxy) is 1. The number of hydrogen-bond acceptors (Lipinski definition) is 3. The lowest BCUT2D eigenvalue weighted by Crippen LogP contribution is -2.40. The zero-order valence-corrected chi connectivity index (χ0v) is 11.9. The number of rotatable bonds is 4. The van der Waals surface area contributed by atoms with Crippen molar-refractivity contribution < 1.29 is 9.53 Å². The molecule has 0 fully saturated rings. The number of amides is 1. The van der Waals surface area contributed by atoms with Crippen LogP contribution in [0.25, 0.3) is 0 Å². The Morgan fingerprint density at radius 2 is 2.26 bits per heavy atom. The van der Waals surface area contributed by atoms with Gasteiger partial charge in [-0.3, -0.25) is 4.79 Å². The van der Waals surface area contributed by atoms with E-state index in [9.17, 15) is 4.79 Å². The lowest BCUT2D eigenvalue weighted by atomic mass is 9.97. The number of benzene rings is 1. The molecule has 0 atom stereocenters. The Hall–Kier alpha value is -1.55. The van der Waals surface area contributed by atoms with Gasteiger partial charge in [0.15, 0.2) is 0 Å². The van der Waals surface area contributed by atoms with Crippen molar-refractivity contribution in [3.63, 3.8) is 0 Å². The summed E-state index contributed by atoms with van der Waals surface area (Å²) in [6, 6.07) is 5.85. The summed E-state index contributed by atoms with van der Waals surface area (Å²) < 4.78 is 5.31. The standard InChI is InChI=1S/C15H22N2O2/c1-15(2,19-3)10-17-14(18)12-6-4-8-13-11(12)7-5-9-16-13/h4,6,8,16H,5,7,9-10H2,1-3H3,(H,17,18). The third-order valence-electron chi connectivity index (χ3n) is 3.57. The van der Waals surface area contributed by atoms with Crippen molar-refractivity contribution in [2.75, 3.05) is 25.5 Å². The zero-order valence-electron chi connectivity index (χ0n) is 11.9. The van der Waals surface area contributed by atoms with Crippen LogP contribution < -0.4 is 10.6 Å². The van der Waals surface area contributed by atoms with E-state index in [1.807, 2.05) is 32.0 Å². The Labute approximate surface area is 114 Å². The average Bonchev–Trinajstić information content (AvgIpc) is 2.44. The molecule has 2 N–H and O–H groups in total. The maximum atomic E-state index is 12.3. The molecule has 104 valence electrons. The Bertz CT molecular complexity index is 469. The van der Waals surface area contributed by atoms with Gasteiger partial charge in [-0.05, 0) is 44.4 Å². The molecule has 4 nitrogen and oxygen atoms in total. The van der Waals surface area contributed by atoms with E-state index in [4.69, 9.17) is 4.74 Å².